The van der Waals surface area contributed by atoms with E-state index in [9.17, 15) is 9.18 Å². The van der Waals surface area contributed by atoms with Crippen LogP contribution >= 0.6 is 11.3 Å². The number of anilines is 1. The molecule has 112 valence electrons. The third-order valence-electron chi connectivity index (χ3n) is 3.67. The van der Waals surface area contributed by atoms with Gasteiger partial charge >= 0.3 is 0 Å². The van der Waals surface area contributed by atoms with Crippen molar-refractivity contribution in [2.24, 2.45) is 0 Å². The van der Waals surface area contributed by atoms with E-state index in [2.05, 4.69) is 5.32 Å². The third kappa shape index (κ3) is 3.01. The summed E-state index contributed by atoms with van der Waals surface area (Å²) < 4.78 is 19.6. The standard InChI is InChI=1S/C15H17FN2O2S/c16-9-3-4-12-11(8-9)13(17)14(21-12)15(19)18-6-5-10-2-1-7-20-10/h3-4,8,10H,1-2,5-7,17H2,(H,18,19). The van der Waals surface area contributed by atoms with Gasteiger partial charge in [0.25, 0.3) is 5.91 Å². The Morgan fingerprint density at radius 1 is 1.52 bits per heavy atom. The molecular weight excluding hydrogens is 291 g/mol. The largest absolute Gasteiger partial charge is 0.397 e. The molecule has 2 heterocycles. The number of rotatable bonds is 4. The fourth-order valence-electron chi connectivity index (χ4n) is 2.56. The van der Waals surface area contributed by atoms with Gasteiger partial charge in [0.05, 0.1) is 11.8 Å². The lowest BCUT2D eigenvalue weighted by Gasteiger charge is -2.09. The second kappa shape index (κ2) is 5.99. The minimum Gasteiger partial charge on any atom is -0.397 e. The smallest absolute Gasteiger partial charge is 0.263 e. The summed E-state index contributed by atoms with van der Waals surface area (Å²) in [5.74, 6) is -0.551. The number of nitrogens with two attached hydrogens (primary N) is 1. The molecule has 1 aromatic heterocycles. The molecule has 1 fully saturated rings. The minimum absolute atomic E-state index is 0.202. The summed E-state index contributed by atoms with van der Waals surface area (Å²) in [4.78, 5) is 12.6. The van der Waals surface area contributed by atoms with E-state index in [0.717, 1.165) is 30.6 Å². The van der Waals surface area contributed by atoms with E-state index in [0.29, 0.717) is 22.5 Å². The number of fused-ring (bicyclic) bond motifs is 1. The average Bonchev–Trinajstić information content (AvgIpc) is 3.08. The predicted molar refractivity (Wildman–Crippen MR) is 82.1 cm³/mol. The highest BCUT2D eigenvalue weighted by Crippen LogP contribution is 2.33. The van der Waals surface area contributed by atoms with E-state index in [1.165, 1.54) is 23.5 Å². The molecule has 1 saturated heterocycles. The lowest BCUT2D eigenvalue weighted by molar-refractivity contribution is 0.0911. The number of nitrogens with one attached hydrogen (secondary N) is 1. The number of ether oxygens (including phenoxy) is 1. The molecule has 1 aliphatic rings. The van der Waals surface area contributed by atoms with Crippen LogP contribution in [0.1, 0.15) is 28.9 Å². The van der Waals surface area contributed by atoms with Gasteiger partial charge in [0.2, 0.25) is 0 Å². The van der Waals surface area contributed by atoms with Crippen molar-refractivity contribution in [1.29, 1.82) is 0 Å². The van der Waals surface area contributed by atoms with E-state index in [4.69, 9.17) is 10.5 Å². The van der Waals surface area contributed by atoms with Crippen LogP contribution in [0.2, 0.25) is 0 Å². The summed E-state index contributed by atoms with van der Waals surface area (Å²) in [6.07, 6.45) is 3.21. The maximum absolute atomic E-state index is 13.2. The number of hydrogen-bond donors (Lipinski definition) is 2. The molecule has 0 bridgehead atoms. The van der Waals surface area contributed by atoms with Gasteiger partial charge in [-0.05, 0) is 37.5 Å². The highest BCUT2D eigenvalue weighted by atomic mass is 32.1. The Morgan fingerprint density at radius 3 is 3.14 bits per heavy atom. The van der Waals surface area contributed by atoms with E-state index in [1.807, 2.05) is 0 Å². The first-order chi connectivity index (χ1) is 10.1. The van der Waals surface area contributed by atoms with Crippen LogP contribution in [0.3, 0.4) is 0 Å². The van der Waals surface area contributed by atoms with Crippen LogP contribution < -0.4 is 11.1 Å². The zero-order valence-corrected chi connectivity index (χ0v) is 12.3. The molecular formula is C15H17FN2O2S. The fourth-order valence-corrected chi connectivity index (χ4v) is 3.58. The third-order valence-corrected chi connectivity index (χ3v) is 4.86. The molecule has 3 rings (SSSR count). The first kappa shape index (κ1) is 14.3. The van der Waals surface area contributed by atoms with Crippen LogP contribution in [0, 0.1) is 5.82 Å². The Bertz CT molecular complexity index is 665. The normalized spacial score (nSPS) is 18.2. The number of thiophene rings is 1. The Labute approximate surface area is 126 Å². The molecule has 2 aromatic rings. The SMILES string of the molecule is Nc1c(C(=O)NCCC2CCCO2)sc2ccc(F)cc12. The van der Waals surface area contributed by atoms with Gasteiger partial charge in [-0.25, -0.2) is 4.39 Å². The van der Waals surface area contributed by atoms with Crippen LogP contribution in [-0.4, -0.2) is 25.2 Å². The van der Waals surface area contributed by atoms with Crippen molar-refractivity contribution in [1.82, 2.24) is 5.32 Å². The molecule has 21 heavy (non-hydrogen) atoms. The van der Waals surface area contributed by atoms with E-state index < -0.39 is 0 Å². The topological polar surface area (TPSA) is 64.4 Å². The monoisotopic (exact) mass is 308 g/mol. The number of carbonyl (C=O) groups excluding carboxylic acids is 1. The van der Waals surface area contributed by atoms with Gasteiger partial charge in [-0.3, -0.25) is 4.79 Å². The molecule has 0 saturated carbocycles. The van der Waals surface area contributed by atoms with Gasteiger partial charge in [0.15, 0.2) is 0 Å². The summed E-state index contributed by atoms with van der Waals surface area (Å²) in [5, 5.41) is 3.46. The summed E-state index contributed by atoms with van der Waals surface area (Å²) in [6, 6.07) is 4.39. The Kier molecular flexibility index (Phi) is 4.07. The van der Waals surface area contributed by atoms with E-state index >= 15 is 0 Å². The summed E-state index contributed by atoms with van der Waals surface area (Å²) >= 11 is 1.29. The van der Waals surface area contributed by atoms with Gasteiger partial charge in [-0.15, -0.1) is 11.3 Å². The molecule has 6 heteroatoms. The van der Waals surface area contributed by atoms with Crippen molar-refractivity contribution < 1.29 is 13.9 Å². The molecule has 4 nitrogen and oxygen atoms in total. The van der Waals surface area contributed by atoms with Crippen molar-refractivity contribution in [2.75, 3.05) is 18.9 Å². The fraction of sp³-hybridized carbons (Fsp3) is 0.400. The minimum atomic E-state index is -0.350. The highest BCUT2D eigenvalue weighted by Gasteiger charge is 2.18. The first-order valence-electron chi connectivity index (χ1n) is 7.02. The zero-order valence-electron chi connectivity index (χ0n) is 11.5. The summed E-state index contributed by atoms with van der Waals surface area (Å²) in [6.45, 7) is 1.37. The number of amides is 1. The molecule has 1 unspecified atom stereocenters. The zero-order chi connectivity index (χ0) is 14.8. The number of carbonyl (C=O) groups is 1. The lowest BCUT2D eigenvalue weighted by atomic mass is 10.2. The molecule has 1 amide bonds. The highest BCUT2D eigenvalue weighted by molar-refractivity contribution is 7.21. The predicted octanol–water partition coefficient (Wildman–Crippen LogP) is 2.92. The maximum Gasteiger partial charge on any atom is 0.263 e. The maximum atomic E-state index is 13.2. The summed E-state index contributed by atoms with van der Waals surface area (Å²) in [5.41, 5.74) is 6.31. The van der Waals surface area contributed by atoms with Gasteiger partial charge in [-0.2, -0.15) is 0 Å². The average molecular weight is 308 g/mol. The number of nitrogen functional groups attached to an aromatic ring is 1. The summed E-state index contributed by atoms with van der Waals surface area (Å²) in [7, 11) is 0. The Morgan fingerprint density at radius 2 is 2.38 bits per heavy atom. The molecule has 0 aliphatic carbocycles. The molecule has 3 N–H and O–H groups in total. The molecule has 1 atom stereocenters. The van der Waals surface area contributed by atoms with E-state index in [-0.39, 0.29) is 17.8 Å². The van der Waals surface area contributed by atoms with Crippen molar-refractivity contribution in [3.8, 4) is 0 Å². The van der Waals surface area contributed by atoms with Gasteiger partial charge < -0.3 is 15.8 Å². The van der Waals surface area contributed by atoms with Crippen LogP contribution in [-0.2, 0) is 4.74 Å². The van der Waals surface area contributed by atoms with Crippen LogP contribution in [0.4, 0.5) is 10.1 Å². The van der Waals surface area contributed by atoms with Crippen molar-refractivity contribution in [3.63, 3.8) is 0 Å². The second-order valence-corrected chi connectivity index (χ2v) is 6.22. The van der Waals surface area contributed by atoms with Crippen LogP contribution in [0.25, 0.3) is 10.1 Å². The quantitative estimate of drug-likeness (QED) is 0.913. The van der Waals surface area contributed by atoms with Crippen LogP contribution in [0.5, 0.6) is 0 Å². The molecule has 1 aliphatic heterocycles. The van der Waals surface area contributed by atoms with Crippen LogP contribution in [0.15, 0.2) is 18.2 Å². The number of benzene rings is 1. The Hall–Kier alpha value is -1.66. The second-order valence-electron chi connectivity index (χ2n) is 5.16. The molecule has 0 radical (unpaired) electrons. The van der Waals surface area contributed by atoms with Gasteiger partial charge in [-0.1, -0.05) is 0 Å². The van der Waals surface area contributed by atoms with Crippen molar-refractivity contribution in [3.05, 3.63) is 28.9 Å². The lowest BCUT2D eigenvalue weighted by Crippen LogP contribution is -2.26. The Balaban J connectivity index is 1.67. The van der Waals surface area contributed by atoms with E-state index in [1.54, 1.807) is 6.07 Å². The number of halogens is 1. The van der Waals surface area contributed by atoms with Crippen molar-refractivity contribution in [2.45, 2.75) is 25.4 Å². The van der Waals surface area contributed by atoms with Gasteiger partial charge in [0, 0.05) is 23.2 Å². The first-order valence-corrected chi connectivity index (χ1v) is 7.84. The molecule has 0 spiro atoms. The van der Waals surface area contributed by atoms with Crippen molar-refractivity contribution >= 4 is 33.0 Å². The number of hydrogen-bond acceptors (Lipinski definition) is 4. The molecule has 1 aromatic carbocycles. The van der Waals surface area contributed by atoms with Gasteiger partial charge in [0.1, 0.15) is 10.7 Å².